The lowest BCUT2D eigenvalue weighted by atomic mass is 10.1. The van der Waals surface area contributed by atoms with E-state index in [4.69, 9.17) is 5.73 Å². The van der Waals surface area contributed by atoms with Gasteiger partial charge >= 0.3 is 0 Å². The lowest BCUT2D eigenvalue weighted by Gasteiger charge is -2.11. The first-order valence-electron chi connectivity index (χ1n) is 6.42. The number of aryl methyl sites for hydroxylation is 1. The molecule has 1 amide bonds. The maximum Gasteiger partial charge on any atom is 0.252 e. The number of fused-ring (bicyclic) bond motifs is 1. The number of nitrogens with zero attached hydrogens (tertiary/aromatic N) is 1. The van der Waals surface area contributed by atoms with Crippen molar-refractivity contribution in [1.29, 1.82) is 0 Å². The summed E-state index contributed by atoms with van der Waals surface area (Å²) in [7, 11) is 0. The maximum absolute atomic E-state index is 12.2. The summed E-state index contributed by atoms with van der Waals surface area (Å²) in [5.74, 6) is 0.345. The highest BCUT2D eigenvalue weighted by atomic mass is 16.1. The van der Waals surface area contributed by atoms with Crippen molar-refractivity contribution in [3.8, 4) is 0 Å². The largest absolute Gasteiger partial charge is 0.399 e. The van der Waals surface area contributed by atoms with Gasteiger partial charge in [0.15, 0.2) is 0 Å². The molecule has 0 saturated heterocycles. The molecule has 0 bridgehead atoms. The third-order valence-corrected chi connectivity index (χ3v) is 2.88. The number of carbonyl (C=O) groups excluding carboxylic acids is 1. The number of rotatable bonds is 3. The van der Waals surface area contributed by atoms with E-state index < -0.39 is 0 Å². The fourth-order valence-electron chi connectivity index (χ4n) is 1.96. The van der Waals surface area contributed by atoms with Crippen LogP contribution < -0.4 is 11.1 Å². The molecule has 1 aromatic heterocycles. The van der Waals surface area contributed by atoms with E-state index in [-0.39, 0.29) is 5.91 Å². The molecule has 0 unspecified atom stereocenters. The number of hydrogen-bond donors (Lipinski definition) is 2. The number of amides is 1. The summed E-state index contributed by atoms with van der Waals surface area (Å²) in [5, 5.41) is 3.73. The summed E-state index contributed by atoms with van der Waals surface area (Å²) in [6, 6.07) is 7.24. The quantitative estimate of drug-likeness (QED) is 0.830. The van der Waals surface area contributed by atoms with Gasteiger partial charge in [-0.25, -0.2) is 0 Å². The first-order chi connectivity index (χ1) is 8.97. The third-order valence-electron chi connectivity index (χ3n) is 2.88. The molecule has 0 radical (unpaired) electrons. The summed E-state index contributed by atoms with van der Waals surface area (Å²) < 4.78 is 0. The standard InChI is InChI=1S/C15H19N3O/c1-9(2)8-17-15(19)13-6-10(3)18-14-5-4-11(16)7-12(13)14/h4-7,9H,8,16H2,1-3H3,(H,17,19). The molecular formula is C15H19N3O. The Hall–Kier alpha value is -2.10. The number of aromatic nitrogens is 1. The molecule has 1 heterocycles. The molecule has 0 aliphatic rings. The number of nitrogens with two attached hydrogens (primary N) is 1. The summed E-state index contributed by atoms with van der Waals surface area (Å²) in [4.78, 5) is 16.7. The van der Waals surface area contributed by atoms with Crippen LogP contribution in [0.15, 0.2) is 24.3 Å². The molecule has 0 spiro atoms. The van der Waals surface area contributed by atoms with Gasteiger partial charge in [0.1, 0.15) is 0 Å². The summed E-state index contributed by atoms with van der Waals surface area (Å²) in [5.41, 5.74) is 8.68. The first kappa shape index (κ1) is 13.3. The Bertz CT molecular complexity index is 620. The molecule has 0 aliphatic carbocycles. The van der Waals surface area contributed by atoms with Crippen LogP contribution in [0.25, 0.3) is 10.9 Å². The lowest BCUT2D eigenvalue weighted by molar-refractivity contribution is 0.0950. The summed E-state index contributed by atoms with van der Waals surface area (Å²) in [6.07, 6.45) is 0. The van der Waals surface area contributed by atoms with Gasteiger partial charge in [-0.05, 0) is 37.1 Å². The Morgan fingerprint density at radius 1 is 1.37 bits per heavy atom. The Morgan fingerprint density at radius 2 is 2.11 bits per heavy atom. The second-order valence-corrected chi connectivity index (χ2v) is 5.19. The van der Waals surface area contributed by atoms with E-state index in [0.29, 0.717) is 23.7 Å². The van der Waals surface area contributed by atoms with Gasteiger partial charge in [0.2, 0.25) is 0 Å². The van der Waals surface area contributed by atoms with Gasteiger partial charge in [-0.1, -0.05) is 13.8 Å². The number of hydrogen-bond acceptors (Lipinski definition) is 3. The fourth-order valence-corrected chi connectivity index (χ4v) is 1.96. The van der Waals surface area contributed by atoms with Crippen molar-refractivity contribution in [2.24, 2.45) is 5.92 Å². The van der Waals surface area contributed by atoms with Gasteiger partial charge in [-0.15, -0.1) is 0 Å². The Labute approximate surface area is 113 Å². The van der Waals surface area contributed by atoms with Crippen molar-refractivity contribution < 1.29 is 4.79 Å². The average Bonchev–Trinajstić information content (AvgIpc) is 2.35. The summed E-state index contributed by atoms with van der Waals surface area (Å²) >= 11 is 0. The third kappa shape index (κ3) is 3.02. The molecule has 4 heteroatoms. The number of pyridine rings is 1. The van der Waals surface area contributed by atoms with Gasteiger partial charge in [0, 0.05) is 23.3 Å². The van der Waals surface area contributed by atoms with Crippen molar-refractivity contribution in [2.75, 3.05) is 12.3 Å². The van der Waals surface area contributed by atoms with E-state index in [1.54, 1.807) is 18.2 Å². The molecule has 0 fully saturated rings. The Balaban J connectivity index is 2.46. The number of nitrogen functional groups attached to an aromatic ring is 1. The summed E-state index contributed by atoms with van der Waals surface area (Å²) in [6.45, 7) is 6.67. The lowest BCUT2D eigenvalue weighted by Crippen LogP contribution is -2.27. The zero-order chi connectivity index (χ0) is 14.0. The van der Waals surface area contributed by atoms with Crippen molar-refractivity contribution in [3.05, 3.63) is 35.5 Å². The van der Waals surface area contributed by atoms with Crippen LogP contribution in [-0.2, 0) is 0 Å². The molecule has 100 valence electrons. The van der Waals surface area contributed by atoms with E-state index in [1.807, 2.05) is 13.0 Å². The highest BCUT2D eigenvalue weighted by molar-refractivity contribution is 6.06. The second-order valence-electron chi connectivity index (χ2n) is 5.19. The predicted molar refractivity (Wildman–Crippen MR) is 78.1 cm³/mol. The monoisotopic (exact) mass is 257 g/mol. The highest BCUT2D eigenvalue weighted by Gasteiger charge is 2.12. The van der Waals surface area contributed by atoms with Gasteiger partial charge < -0.3 is 11.1 Å². The normalized spacial score (nSPS) is 10.9. The van der Waals surface area contributed by atoms with E-state index >= 15 is 0 Å². The van der Waals surface area contributed by atoms with Crippen molar-refractivity contribution in [1.82, 2.24) is 10.3 Å². The van der Waals surface area contributed by atoms with Crippen LogP contribution in [0.3, 0.4) is 0 Å². The zero-order valence-corrected chi connectivity index (χ0v) is 11.5. The van der Waals surface area contributed by atoms with E-state index in [1.165, 1.54) is 0 Å². The van der Waals surface area contributed by atoms with Crippen LogP contribution in [0.2, 0.25) is 0 Å². The van der Waals surface area contributed by atoms with Crippen LogP contribution in [0.5, 0.6) is 0 Å². The van der Waals surface area contributed by atoms with Crippen LogP contribution >= 0.6 is 0 Å². The Morgan fingerprint density at radius 3 is 2.79 bits per heavy atom. The van der Waals surface area contributed by atoms with Crippen LogP contribution in [-0.4, -0.2) is 17.4 Å². The predicted octanol–water partition coefficient (Wildman–Crippen LogP) is 2.51. The molecule has 2 aromatic rings. The zero-order valence-electron chi connectivity index (χ0n) is 11.5. The van der Waals surface area contributed by atoms with E-state index in [2.05, 4.69) is 24.1 Å². The number of nitrogens with one attached hydrogen (secondary N) is 1. The average molecular weight is 257 g/mol. The smallest absolute Gasteiger partial charge is 0.252 e. The van der Waals surface area contributed by atoms with E-state index in [0.717, 1.165) is 16.6 Å². The van der Waals surface area contributed by atoms with Crippen LogP contribution in [0.1, 0.15) is 29.9 Å². The Kier molecular flexibility index (Phi) is 3.69. The molecule has 19 heavy (non-hydrogen) atoms. The highest BCUT2D eigenvalue weighted by Crippen LogP contribution is 2.21. The minimum Gasteiger partial charge on any atom is -0.399 e. The van der Waals surface area contributed by atoms with Crippen LogP contribution in [0, 0.1) is 12.8 Å². The van der Waals surface area contributed by atoms with Crippen LogP contribution in [0.4, 0.5) is 5.69 Å². The molecule has 1 aromatic carbocycles. The molecule has 0 aliphatic heterocycles. The maximum atomic E-state index is 12.2. The number of anilines is 1. The van der Waals surface area contributed by atoms with Crippen molar-refractivity contribution in [2.45, 2.75) is 20.8 Å². The van der Waals surface area contributed by atoms with Gasteiger partial charge in [0.25, 0.3) is 5.91 Å². The molecular weight excluding hydrogens is 238 g/mol. The fraction of sp³-hybridized carbons (Fsp3) is 0.333. The minimum atomic E-state index is -0.0743. The number of benzene rings is 1. The molecule has 2 rings (SSSR count). The topological polar surface area (TPSA) is 68.0 Å². The number of carbonyl (C=O) groups is 1. The first-order valence-corrected chi connectivity index (χ1v) is 6.42. The van der Waals surface area contributed by atoms with E-state index in [9.17, 15) is 4.79 Å². The molecule has 0 atom stereocenters. The molecule has 4 nitrogen and oxygen atoms in total. The van der Waals surface area contributed by atoms with Crippen molar-refractivity contribution >= 4 is 22.5 Å². The SMILES string of the molecule is Cc1cc(C(=O)NCC(C)C)c2cc(N)ccc2n1. The molecule has 0 saturated carbocycles. The van der Waals surface area contributed by atoms with Gasteiger partial charge in [-0.2, -0.15) is 0 Å². The second kappa shape index (κ2) is 5.26. The van der Waals surface area contributed by atoms with Gasteiger partial charge in [0.05, 0.1) is 11.1 Å². The minimum absolute atomic E-state index is 0.0743. The van der Waals surface area contributed by atoms with Gasteiger partial charge in [-0.3, -0.25) is 9.78 Å². The molecule has 3 N–H and O–H groups in total. The van der Waals surface area contributed by atoms with Crippen molar-refractivity contribution in [3.63, 3.8) is 0 Å².